The normalized spacial score (nSPS) is 12.2. The van der Waals surface area contributed by atoms with Gasteiger partial charge in [0.15, 0.2) is 6.10 Å². The van der Waals surface area contributed by atoms with Crippen molar-refractivity contribution in [3.63, 3.8) is 0 Å². The molecule has 2 N–H and O–H groups in total. The lowest BCUT2D eigenvalue weighted by molar-refractivity contribution is -0.128. The van der Waals surface area contributed by atoms with E-state index in [2.05, 4.69) is 31.6 Å². The summed E-state index contributed by atoms with van der Waals surface area (Å²) in [5, 5.41) is 0. The molecule has 0 aliphatic rings. The molecule has 0 aliphatic carbocycles. The van der Waals surface area contributed by atoms with Crippen LogP contribution in [0.1, 0.15) is 43.6 Å². The van der Waals surface area contributed by atoms with Crippen molar-refractivity contribution in [1.82, 2.24) is 10.9 Å². The Balaban J connectivity index is 1.87. The monoisotopic (exact) mass is 358 g/mol. The van der Waals surface area contributed by atoms with Gasteiger partial charge in [-0.2, -0.15) is 0 Å². The van der Waals surface area contributed by atoms with Gasteiger partial charge >= 0.3 is 0 Å². The Bertz CT molecular complexity index is 765. The van der Waals surface area contributed by atoms with E-state index < -0.39 is 23.7 Å². The Kier molecular flexibility index (Phi) is 5.97. The van der Waals surface area contributed by atoms with Gasteiger partial charge < -0.3 is 4.74 Å². The molecule has 0 unspecified atom stereocenters. The zero-order chi connectivity index (χ0) is 19.3. The molecule has 0 spiro atoms. The van der Waals surface area contributed by atoms with Crippen LogP contribution in [0.25, 0.3) is 0 Å². The van der Waals surface area contributed by atoms with Crippen molar-refractivity contribution in [3.05, 3.63) is 65.5 Å². The second-order valence-corrected chi connectivity index (χ2v) is 6.98. The van der Waals surface area contributed by atoms with Crippen LogP contribution in [0.3, 0.4) is 0 Å². The lowest BCUT2D eigenvalue weighted by Gasteiger charge is -2.20. The first-order valence-electron chi connectivity index (χ1n) is 8.30. The zero-order valence-electron chi connectivity index (χ0n) is 15.3. The lowest BCUT2D eigenvalue weighted by Crippen LogP contribution is -2.47. The summed E-state index contributed by atoms with van der Waals surface area (Å²) in [7, 11) is 0. The van der Waals surface area contributed by atoms with Crippen LogP contribution >= 0.6 is 0 Å². The third-order valence-electron chi connectivity index (χ3n) is 3.81. The molecule has 0 aromatic heterocycles. The minimum atomic E-state index is -0.802. The van der Waals surface area contributed by atoms with Crippen molar-refractivity contribution in [2.75, 3.05) is 0 Å². The van der Waals surface area contributed by atoms with Crippen LogP contribution < -0.4 is 15.6 Å². The van der Waals surface area contributed by atoms with E-state index in [0.29, 0.717) is 5.75 Å². The first kappa shape index (κ1) is 19.4. The Labute approximate surface area is 152 Å². The molecule has 0 aliphatic heterocycles. The van der Waals surface area contributed by atoms with Crippen LogP contribution in [0.2, 0.25) is 0 Å². The fourth-order valence-electron chi connectivity index (χ4n) is 2.18. The first-order valence-corrected chi connectivity index (χ1v) is 8.30. The summed E-state index contributed by atoms with van der Waals surface area (Å²) in [4.78, 5) is 23.9. The number of rotatable bonds is 4. The van der Waals surface area contributed by atoms with Crippen LogP contribution in [-0.2, 0) is 10.2 Å². The molecule has 5 nitrogen and oxygen atoms in total. The van der Waals surface area contributed by atoms with E-state index in [1.165, 1.54) is 24.3 Å². The molecule has 2 aromatic carbocycles. The van der Waals surface area contributed by atoms with Gasteiger partial charge in [0, 0.05) is 5.56 Å². The highest BCUT2D eigenvalue weighted by molar-refractivity contribution is 5.95. The maximum atomic E-state index is 12.8. The summed E-state index contributed by atoms with van der Waals surface area (Å²) in [6.45, 7) is 7.92. The average molecular weight is 358 g/mol. The third-order valence-corrected chi connectivity index (χ3v) is 3.81. The lowest BCUT2D eigenvalue weighted by atomic mass is 9.87. The van der Waals surface area contributed by atoms with E-state index in [1.807, 2.05) is 24.3 Å². The molecule has 6 heteroatoms. The molecule has 2 rings (SSSR count). The highest BCUT2D eigenvalue weighted by Crippen LogP contribution is 2.24. The molecule has 26 heavy (non-hydrogen) atoms. The fraction of sp³-hybridized carbons (Fsp3) is 0.300. The van der Waals surface area contributed by atoms with Gasteiger partial charge in [0.05, 0.1) is 0 Å². The minimum Gasteiger partial charge on any atom is -0.481 e. The predicted molar refractivity (Wildman–Crippen MR) is 97.2 cm³/mol. The van der Waals surface area contributed by atoms with Crippen molar-refractivity contribution in [2.24, 2.45) is 0 Å². The molecular weight excluding hydrogens is 335 g/mol. The summed E-state index contributed by atoms with van der Waals surface area (Å²) >= 11 is 0. The van der Waals surface area contributed by atoms with Gasteiger partial charge in [-0.15, -0.1) is 0 Å². The van der Waals surface area contributed by atoms with Gasteiger partial charge in [-0.1, -0.05) is 32.9 Å². The van der Waals surface area contributed by atoms with Crippen LogP contribution in [0.5, 0.6) is 5.75 Å². The minimum absolute atomic E-state index is 0.0339. The number of amides is 2. The second kappa shape index (κ2) is 7.99. The molecule has 2 aromatic rings. The van der Waals surface area contributed by atoms with Crippen molar-refractivity contribution in [1.29, 1.82) is 0 Å². The van der Waals surface area contributed by atoms with Gasteiger partial charge in [-0.25, -0.2) is 4.39 Å². The number of carbonyl (C=O) groups is 2. The number of hydrogen-bond acceptors (Lipinski definition) is 3. The Hall–Kier alpha value is -2.89. The first-order chi connectivity index (χ1) is 12.2. The van der Waals surface area contributed by atoms with Crippen molar-refractivity contribution in [2.45, 2.75) is 39.2 Å². The quantitative estimate of drug-likeness (QED) is 0.824. The topological polar surface area (TPSA) is 67.4 Å². The maximum Gasteiger partial charge on any atom is 0.279 e. The highest BCUT2D eigenvalue weighted by Gasteiger charge is 2.17. The van der Waals surface area contributed by atoms with Gasteiger partial charge in [-0.3, -0.25) is 20.4 Å². The Morgan fingerprint density at radius 1 is 0.962 bits per heavy atom. The predicted octanol–water partition coefficient (Wildman–Crippen LogP) is 3.35. The van der Waals surface area contributed by atoms with E-state index in [-0.39, 0.29) is 11.0 Å². The van der Waals surface area contributed by atoms with Crippen LogP contribution in [0.4, 0.5) is 4.39 Å². The van der Waals surface area contributed by atoms with Crippen LogP contribution in [0, 0.1) is 5.82 Å². The molecular formula is C20H23FN2O3. The SMILES string of the molecule is C[C@@H](Oc1ccc(C(C)(C)C)cc1)C(=O)NNC(=O)c1ccc(F)cc1. The van der Waals surface area contributed by atoms with Gasteiger partial charge in [-0.05, 0) is 54.3 Å². The maximum absolute atomic E-state index is 12.8. The fourth-order valence-corrected chi connectivity index (χ4v) is 2.18. The summed E-state index contributed by atoms with van der Waals surface area (Å²) in [5.74, 6) is -0.920. The molecule has 0 heterocycles. The van der Waals surface area contributed by atoms with E-state index in [9.17, 15) is 14.0 Å². The van der Waals surface area contributed by atoms with Gasteiger partial charge in [0.25, 0.3) is 11.8 Å². The van der Waals surface area contributed by atoms with Crippen LogP contribution in [-0.4, -0.2) is 17.9 Å². The second-order valence-electron chi connectivity index (χ2n) is 6.98. The Morgan fingerprint density at radius 3 is 2.08 bits per heavy atom. The standard InChI is InChI=1S/C20H23FN2O3/c1-13(26-17-11-7-15(8-12-17)20(2,3)4)18(24)22-23-19(25)14-5-9-16(21)10-6-14/h5-13H,1-4H3,(H,22,24)(H,23,25)/t13-/m1/s1. The number of benzene rings is 2. The van der Waals surface area contributed by atoms with E-state index >= 15 is 0 Å². The molecule has 1 atom stereocenters. The van der Waals surface area contributed by atoms with E-state index in [4.69, 9.17) is 4.74 Å². The van der Waals surface area contributed by atoms with E-state index in [1.54, 1.807) is 6.92 Å². The molecule has 138 valence electrons. The number of ether oxygens (including phenoxy) is 1. The van der Waals surface area contributed by atoms with E-state index in [0.717, 1.165) is 5.56 Å². The average Bonchev–Trinajstić information content (AvgIpc) is 2.59. The van der Waals surface area contributed by atoms with Crippen molar-refractivity contribution < 1.29 is 18.7 Å². The molecule has 0 saturated carbocycles. The van der Waals surface area contributed by atoms with Gasteiger partial charge in [0.1, 0.15) is 11.6 Å². The molecule has 0 saturated heterocycles. The number of halogens is 1. The summed E-state index contributed by atoms with van der Waals surface area (Å²) in [6.07, 6.45) is -0.802. The largest absolute Gasteiger partial charge is 0.481 e. The smallest absolute Gasteiger partial charge is 0.279 e. The number of carbonyl (C=O) groups excluding carboxylic acids is 2. The number of nitrogens with one attached hydrogen (secondary N) is 2. The molecule has 2 amide bonds. The van der Waals surface area contributed by atoms with Gasteiger partial charge in [0.2, 0.25) is 0 Å². The summed E-state index contributed by atoms with van der Waals surface area (Å²) in [6, 6.07) is 12.5. The van der Waals surface area contributed by atoms with Crippen LogP contribution in [0.15, 0.2) is 48.5 Å². The Morgan fingerprint density at radius 2 is 1.54 bits per heavy atom. The third kappa shape index (κ3) is 5.31. The zero-order valence-corrected chi connectivity index (χ0v) is 15.3. The number of hydrogen-bond donors (Lipinski definition) is 2. The van der Waals surface area contributed by atoms with Crippen molar-refractivity contribution >= 4 is 11.8 Å². The molecule has 0 bridgehead atoms. The molecule has 0 fully saturated rings. The summed E-state index contributed by atoms with van der Waals surface area (Å²) < 4.78 is 18.4. The summed E-state index contributed by atoms with van der Waals surface area (Å²) in [5.41, 5.74) is 6.00. The number of hydrazine groups is 1. The highest BCUT2D eigenvalue weighted by atomic mass is 19.1. The molecule has 0 radical (unpaired) electrons. The van der Waals surface area contributed by atoms with Crippen molar-refractivity contribution in [3.8, 4) is 5.75 Å².